The van der Waals surface area contributed by atoms with Gasteiger partial charge in [-0.2, -0.15) is 11.8 Å². The van der Waals surface area contributed by atoms with Crippen molar-refractivity contribution in [2.75, 3.05) is 18.1 Å². The van der Waals surface area contributed by atoms with E-state index in [0.717, 1.165) is 39.8 Å². The average molecular weight is 315 g/mol. The summed E-state index contributed by atoms with van der Waals surface area (Å²) < 4.78 is 1.36. The van der Waals surface area contributed by atoms with Gasteiger partial charge < -0.3 is 5.32 Å². The molecule has 19 heavy (non-hydrogen) atoms. The summed E-state index contributed by atoms with van der Waals surface area (Å²) in [4.78, 5) is 4.59. The van der Waals surface area contributed by atoms with E-state index in [4.69, 9.17) is 11.6 Å². The first-order valence-corrected chi connectivity index (χ1v) is 8.90. The number of thiazole rings is 1. The molecule has 2 aromatic rings. The van der Waals surface area contributed by atoms with Crippen LogP contribution in [0.15, 0.2) is 18.2 Å². The molecule has 0 aliphatic rings. The number of anilines is 1. The number of benzene rings is 1. The third-order valence-electron chi connectivity index (χ3n) is 3.65. The van der Waals surface area contributed by atoms with Crippen molar-refractivity contribution in [3.63, 3.8) is 0 Å². The number of nitrogens with one attached hydrogen (secondary N) is 1. The predicted molar refractivity (Wildman–Crippen MR) is 89.9 cm³/mol. The molecule has 5 heteroatoms. The molecule has 0 aliphatic heterocycles. The standard InChI is InChI=1S/C14H19ClN2S2/c1-4-14(5-2,18-3)9-16-13-17-11-8-6-7-10(15)12(11)19-13/h6-8H,4-5,9H2,1-3H3,(H,16,17). The maximum atomic E-state index is 6.18. The van der Waals surface area contributed by atoms with E-state index in [9.17, 15) is 0 Å². The molecule has 0 radical (unpaired) electrons. The van der Waals surface area contributed by atoms with Crippen molar-refractivity contribution in [2.24, 2.45) is 0 Å². The highest BCUT2D eigenvalue weighted by atomic mass is 35.5. The van der Waals surface area contributed by atoms with Gasteiger partial charge in [0.25, 0.3) is 0 Å². The molecule has 0 unspecified atom stereocenters. The minimum absolute atomic E-state index is 0.293. The van der Waals surface area contributed by atoms with Gasteiger partial charge in [0.05, 0.1) is 15.2 Å². The van der Waals surface area contributed by atoms with Gasteiger partial charge in [0, 0.05) is 11.3 Å². The van der Waals surface area contributed by atoms with E-state index in [-0.39, 0.29) is 0 Å². The smallest absolute Gasteiger partial charge is 0.183 e. The van der Waals surface area contributed by atoms with Crippen molar-refractivity contribution in [2.45, 2.75) is 31.4 Å². The van der Waals surface area contributed by atoms with Crippen LogP contribution in [0.1, 0.15) is 26.7 Å². The summed E-state index contributed by atoms with van der Waals surface area (Å²) >= 11 is 9.75. The third-order valence-corrected chi connectivity index (χ3v) is 6.73. The summed E-state index contributed by atoms with van der Waals surface area (Å²) in [6.45, 7) is 5.44. The van der Waals surface area contributed by atoms with Gasteiger partial charge in [0.2, 0.25) is 0 Å². The zero-order chi connectivity index (χ0) is 13.9. The van der Waals surface area contributed by atoms with Crippen LogP contribution in [0.25, 0.3) is 10.2 Å². The summed E-state index contributed by atoms with van der Waals surface area (Å²) in [5.41, 5.74) is 0.975. The molecular formula is C14H19ClN2S2. The van der Waals surface area contributed by atoms with Crippen LogP contribution in [0.3, 0.4) is 0 Å². The average Bonchev–Trinajstić information content (AvgIpc) is 2.86. The van der Waals surface area contributed by atoms with Crippen molar-refractivity contribution in [3.05, 3.63) is 23.2 Å². The van der Waals surface area contributed by atoms with Gasteiger partial charge in [0.1, 0.15) is 0 Å². The lowest BCUT2D eigenvalue weighted by Crippen LogP contribution is -2.31. The fourth-order valence-corrected chi connectivity index (χ4v) is 4.03. The highest BCUT2D eigenvalue weighted by Gasteiger charge is 2.24. The zero-order valence-corrected chi connectivity index (χ0v) is 13.9. The Labute approximate surface area is 128 Å². The molecule has 0 saturated carbocycles. The summed E-state index contributed by atoms with van der Waals surface area (Å²) in [6.07, 6.45) is 4.50. The van der Waals surface area contributed by atoms with Crippen LogP contribution in [0.4, 0.5) is 5.13 Å². The molecule has 1 heterocycles. The molecular weight excluding hydrogens is 296 g/mol. The van der Waals surface area contributed by atoms with E-state index in [1.54, 1.807) is 11.3 Å². The molecule has 0 atom stereocenters. The maximum Gasteiger partial charge on any atom is 0.183 e. The Hall–Kier alpha value is -0.450. The van der Waals surface area contributed by atoms with Gasteiger partial charge in [-0.05, 0) is 31.2 Å². The van der Waals surface area contributed by atoms with E-state index in [1.807, 2.05) is 30.0 Å². The second-order valence-electron chi connectivity index (χ2n) is 4.55. The Kier molecular flexibility index (Phi) is 4.98. The van der Waals surface area contributed by atoms with Crippen molar-refractivity contribution < 1.29 is 0 Å². The lowest BCUT2D eigenvalue weighted by molar-refractivity contribution is 0.574. The zero-order valence-electron chi connectivity index (χ0n) is 11.5. The van der Waals surface area contributed by atoms with Crippen LogP contribution >= 0.6 is 34.7 Å². The van der Waals surface area contributed by atoms with E-state index in [1.165, 1.54) is 0 Å². The van der Waals surface area contributed by atoms with E-state index in [0.29, 0.717) is 4.75 Å². The van der Waals surface area contributed by atoms with Crippen LogP contribution in [0.2, 0.25) is 5.02 Å². The van der Waals surface area contributed by atoms with E-state index >= 15 is 0 Å². The number of rotatable bonds is 6. The molecule has 0 fully saturated rings. The normalized spacial score (nSPS) is 12.0. The molecule has 2 nitrogen and oxygen atoms in total. The fraction of sp³-hybridized carbons (Fsp3) is 0.500. The molecule has 0 spiro atoms. The van der Waals surface area contributed by atoms with Crippen molar-refractivity contribution in [1.29, 1.82) is 0 Å². The second kappa shape index (κ2) is 6.33. The highest BCUT2D eigenvalue weighted by Crippen LogP contribution is 2.34. The van der Waals surface area contributed by atoms with Crippen molar-refractivity contribution in [3.8, 4) is 0 Å². The summed E-state index contributed by atoms with van der Waals surface area (Å²) in [7, 11) is 0. The monoisotopic (exact) mass is 314 g/mol. The molecule has 0 bridgehead atoms. The first kappa shape index (κ1) is 14.9. The molecule has 1 aromatic carbocycles. The molecule has 2 rings (SSSR count). The fourth-order valence-electron chi connectivity index (χ4n) is 2.09. The van der Waals surface area contributed by atoms with Gasteiger partial charge >= 0.3 is 0 Å². The molecule has 104 valence electrons. The largest absolute Gasteiger partial charge is 0.360 e. The van der Waals surface area contributed by atoms with Crippen molar-refractivity contribution >= 4 is 50.0 Å². The van der Waals surface area contributed by atoms with Gasteiger partial charge in [-0.1, -0.05) is 42.9 Å². The minimum Gasteiger partial charge on any atom is -0.360 e. The number of fused-ring (bicyclic) bond motifs is 1. The highest BCUT2D eigenvalue weighted by molar-refractivity contribution is 8.00. The number of thioether (sulfide) groups is 1. The summed E-state index contributed by atoms with van der Waals surface area (Å²) in [6, 6.07) is 5.86. The van der Waals surface area contributed by atoms with Gasteiger partial charge in [0.15, 0.2) is 5.13 Å². The van der Waals surface area contributed by atoms with Crippen LogP contribution < -0.4 is 5.32 Å². The van der Waals surface area contributed by atoms with E-state index in [2.05, 4.69) is 30.4 Å². The first-order chi connectivity index (χ1) is 9.14. The molecule has 1 aromatic heterocycles. The van der Waals surface area contributed by atoms with Crippen LogP contribution in [-0.2, 0) is 0 Å². The summed E-state index contributed by atoms with van der Waals surface area (Å²) in [5, 5.41) is 5.23. The SMILES string of the molecule is CCC(CC)(CNc1nc2cccc(Cl)c2s1)SC. The lowest BCUT2D eigenvalue weighted by Gasteiger charge is -2.29. The molecule has 0 aliphatic carbocycles. The number of hydrogen-bond donors (Lipinski definition) is 1. The van der Waals surface area contributed by atoms with Gasteiger partial charge in [-0.15, -0.1) is 0 Å². The molecule has 0 amide bonds. The van der Waals surface area contributed by atoms with Crippen LogP contribution in [0, 0.1) is 0 Å². The van der Waals surface area contributed by atoms with Crippen LogP contribution in [0.5, 0.6) is 0 Å². The maximum absolute atomic E-state index is 6.18. The quantitative estimate of drug-likeness (QED) is 0.784. The molecule has 0 saturated heterocycles. The number of aromatic nitrogens is 1. The summed E-state index contributed by atoms with van der Waals surface area (Å²) in [5.74, 6) is 0. The number of hydrogen-bond acceptors (Lipinski definition) is 4. The number of halogens is 1. The molecule has 1 N–H and O–H groups in total. The lowest BCUT2D eigenvalue weighted by atomic mass is 10.0. The van der Waals surface area contributed by atoms with Gasteiger partial charge in [-0.25, -0.2) is 4.98 Å². The third kappa shape index (κ3) is 3.18. The Bertz CT molecular complexity index is 541. The Morgan fingerprint density at radius 2 is 2.11 bits per heavy atom. The predicted octanol–water partition coefficient (Wildman–Crippen LogP) is 5.28. The Morgan fingerprint density at radius 1 is 1.37 bits per heavy atom. The Morgan fingerprint density at radius 3 is 2.68 bits per heavy atom. The second-order valence-corrected chi connectivity index (χ2v) is 7.24. The first-order valence-electron chi connectivity index (χ1n) is 6.48. The van der Waals surface area contributed by atoms with E-state index < -0.39 is 0 Å². The van der Waals surface area contributed by atoms with Crippen LogP contribution in [-0.4, -0.2) is 22.5 Å². The van der Waals surface area contributed by atoms with Crippen molar-refractivity contribution in [1.82, 2.24) is 4.98 Å². The Balaban J connectivity index is 2.16. The minimum atomic E-state index is 0.293. The van der Waals surface area contributed by atoms with Gasteiger partial charge in [-0.3, -0.25) is 0 Å². The number of nitrogens with zero attached hydrogens (tertiary/aromatic N) is 1. The topological polar surface area (TPSA) is 24.9 Å².